The maximum atomic E-state index is 12.0. The largest absolute Gasteiger partial charge is 0.465 e. The molecule has 0 bridgehead atoms. The Labute approximate surface area is 125 Å². The van der Waals surface area contributed by atoms with Crippen LogP contribution in [-0.2, 0) is 19.1 Å². The smallest absolute Gasteiger partial charge is 0.326 e. The minimum absolute atomic E-state index is 0.150. The highest BCUT2D eigenvalue weighted by atomic mass is 35.5. The fourth-order valence-corrected chi connectivity index (χ4v) is 2.07. The van der Waals surface area contributed by atoms with Crippen molar-refractivity contribution in [2.45, 2.75) is 19.8 Å². The first-order valence-electron chi connectivity index (χ1n) is 6.42. The van der Waals surface area contributed by atoms with Gasteiger partial charge in [0, 0.05) is 6.07 Å². The second kappa shape index (κ2) is 6.53. The first kappa shape index (κ1) is 15.2. The van der Waals surface area contributed by atoms with Crippen molar-refractivity contribution in [1.29, 1.82) is 0 Å². The first-order chi connectivity index (χ1) is 10.1. The SMILES string of the molecule is CCOC(=O)C(C(=O)OCC)c1cc(Cl)n2nccc2n1. The summed E-state index contributed by atoms with van der Waals surface area (Å²) >= 11 is 6.07. The Bertz CT molecular complexity index is 652. The maximum absolute atomic E-state index is 12.0. The second-order valence-electron chi connectivity index (χ2n) is 4.04. The molecule has 2 aromatic rings. The van der Waals surface area contributed by atoms with Crippen LogP contribution < -0.4 is 0 Å². The number of nitrogens with zero attached hydrogens (tertiary/aromatic N) is 3. The van der Waals surface area contributed by atoms with Gasteiger partial charge in [0.1, 0.15) is 5.15 Å². The van der Waals surface area contributed by atoms with Crippen LogP contribution in [0, 0.1) is 0 Å². The Morgan fingerprint density at radius 1 is 1.29 bits per heavy atom. The van der Waals surface area contributed by atoms with Crippen LogP contribution in [0.4, 0.5) is 0 Å². The molecule has 0 atom stereocenters. The van der Waals surface area contributed by atoms with Gasteiger partial charge >= 0.3 is 11.9 Å². The van der Waals surface area contributed by atoms with Gasteiger partial charge < -0.3 is 9.47 Å². The molecule has 0 aliphatic heterocycles. The van der Waals surface area contributed by atoms with Crippen LogP contribution >= 0.6 is 11.6 Å². The molecular formula is C13H14ClN3O4. The number of aromatic nitrogens is 3. The predicted octanol–water partition coefficient (Wildman–Crippen LogP) is 1.59. The molecule has 21 heavy (non-hydrogen) atoms. The van der Waals surface area contributed by atoms with Crippen molar-refractivity contribution in [2.24, 2.45) is 0 Å². The quantitative estimate of drug-likeness (QED) is 0.474. The minimum Gasteiger partial charge on any atom is -0.465 e. The highest BCUT2D eigenvalue weighted by Gasteiger charge is 2.33. The molecule has 0 saturated heterocycles. The van der Waals surface area contributed by atoms with Crippen LogP contribution in [0.15, 0.2) is 18.3 Å². The number of fused-ring (bicyclic) bond motifs is 1. The van der Waals surface area contributed by atoms with Gasteiger partial charge in [-0.05, 0) is 19.9 Å². The molecule has 0 saturated carbocycles. The molecule has 0 aliphatic carbocycles. The average molecular weight is 312 g/mol. The fourth-order valence-electron chi connectivity index (χ4n) is 1.83. The lowest BCUT2D eigenvalue weighted by molar-refractivity contribution is -0.157. The number of hydrogen-bond acceptors (Lipinski definition) is 6. The van der Waals surface area contributed by atoms with Crippen LogP contribution in [0.5, 0.6) is 0 Å². The van der Waals surface area contributed by atoms with Gasteiger partial charge in [-0.25, -0.2) is 9.50 Å². The number of carbonyl (C=O) groups excluding carboxylic acids is 2. The number of carbonyl (C=O) groups is 2. The van der Waals surface area contributed by atoms with Gasteiger partial charge in [-0.2, -0.15) is 5.10 Å². The van der Waals surface area contributed by atoms with Gasteiger partial charge in [0.2, 0.25) is 0 Å². The van der Waals surface area contributed by atoms with E-state index in [0.29, 0.717) is 5.65 Å². The number of halogens is 1. The Balaban J connectivity index is 2.46. The third kappa shape index (κ3) is 3.13. The molecule has 0 N–H and O–H groups in total. The number of rotatable bonds is 5. The summed E-state index contributed by atoms with van der Waals surface area (Å²) in [7, 11) is 0. The number of ether oxygens (including phenoxy) is 2. The lowest BCUT2D eigenvalue weighted by Crippen LogP contribution is -2.27. The Hall–Kier alpha value is -2.15. The monoisotopic (exact) mass is 311 g/mol. The van der Waals surface area contributed by atoms with E-state index in [0.717, 1.165) is 0 Å². The molecule has 0 unspecified atom stereocenters. The van der Waals surface area contributed by atoms with E-state index >= 15 is 0 Å². The fraction of sp³-hybridized carbons (Fsp3) is 0.385. The summed E-state index contributed by atoms with van der Waals surface area (Å²) in [5, 5.41) is 4.21. The van der Waals surface area contributed by atoms with E-state index in [1.54, 1.807) is 19.9 Å². The average Bonchev–Trinajstić information content (AvgIpc) is 2.88. The second-order valence-corrected chi connectivity index (χ2v) is 4.43. The van der Waals surface area contributed by atoms with Crippen LogP contribution in [-0.4, -0.2) is 39.8 Å². The molecule has 0 aliphatic rings. The van der Waals surface area contributed by atoms with Crippen molar-refractivity contribution in [2.75, 3.05) is 13.2 Å². The summed E-state index contributed by atoms with van der Waals surface area (Å²) in [5.41, 5.74) is 0.598. The molecule has 8 heteroatoms. The molecule has 0 fully saturated rings. The van der Waals surface area contributed by atoms with E-state index in [4.69, 9.17) is 21.1 Å². The molecule has 2 aromatic heterocycles. The summed E-state index contributed by atoms with van der Waals surface area (Å²) in [6.45, 7) is 3.61. The highest BCUT2D eigenvalue weighted by molar-refractivity contribution is 6.29. The molecule has 7 nitrogen and oxygen atoms in total. The predicted molar refractivity (Wildman–Crippen MR) is 74.0 cm³/mol. The van der Waals surface area contributed by atoms with Crippen molar-refractivity contribution in [3.05, 3.63) is 29.2 Å². The van der Waals surface area contributed by atoms with Gasteiger partial charge in [-0.3, -0.25) is 9.59 Å². The summed E-state index contributed by atoms with van der Waals surface area (Å²) in [4.78, 5) is 28.3. The zero-order valence-corrected chi connectivity index (χ0v) is 12.3. The molecule has 0 aromatic carbocycles. The zero-order valence-electron chi connectivity index (χ0n) is 11.6. The zero-order chi connectivity index (χ0) is 15.4. The Morgan fingerprint density at radius 3 is 2.48 bits per heavy atom. The van der Waals surface area contributed by atoms with Crippen molar-refractivity contribution in [3.63, 3.8) is 0 Å². The van der Waals surface area contributed by atoms with E-state index in [9.17, 15) is 9.59 Å². The maximum Gasteiger partial charge on any atom is 0.326 e. The van der Waals surface area contributed by atoms with Crippen LogP contribution in [0.25, 0.3) is 5.65 Å². The van der Waals surface area contributed by atoms with Crippen molar-refractivity contribution < 1.29 is 19.1 Å². The van der Waals surface area contributed by atoms with Gasteiger partial charge in [-0.1, -0.05) is 11.6 Å². The highest BCUT2D eigenvalue weighted by Crippen LogP contribution is 2.22. The van der Waals surface area contributed by atoms with E-state index in [1.807, 2.05) is 0 Å². The van der Waals surface area contributed by atoms with Gasteiger partial charge in [0.15, 0.2) is 11.6 Å². The Kier molecular flexibility index (Phi) is 4.74. The van der Waals surface area contributed by atoms with Gasteiger partial charge in [0.25, 0.3) is 0 Å². The molecule has 2 rings (SSSR count). The van der Waals surface area contributed by atoms with Crippen molar-refractivity contribution >= 4 is 29.2 Å². The summed E-state index contributed by atoms with van der Waals surface area (Å²) in [6.07, 6.45) is 1.52. The van der Waals surface area contributed by atoms with E-state index in [1.165, 1.54) is 16.8 Å². The van der Waals surface area contributed by atoms with E-state index < -0.39 is 17.9 Å². The normalized spacial score (nSPS) is 10.9. The van der Waals surface area contributed by atoms with E-state index in [-0.39, 0.29) is 24.1 Å². The van der Waals surface area contributed by atoms with Gasteiger partial charge in [0.05, 0.1) is 25.1 Å². The molecule has 2 heterocycles. The number of esters is 2. The summed E-state index contributed by atoms with van der Waals surface area (Å²) in [6, 6.07) is 3.02. The third-order valence-electron chi connectivity index (χ3n) is 2.68. The van der Waals surface area contributed by atoms with Crippen LogP contribution in [0.1, 0.15) is 25.5 Å². The summed E-state index contributed by atoms with van der Waals surface area (Å²) in [5.74, 6) is -2.70. The van der Waals surface area contributed by atoms with Crippen molar-refractivity contribution in [1.82, 2.24) is 14.6 Å². The molecule has 0 amide bonds. The molecule has 0 radical (unpaired) electrons. The number of hydrogen-bond donors (Lipinski definition) is 0. The standard InChI is InChI=1S/C13H14ClN3O4/c1-3-20-12(18)11(13(19)21-4-2)8-7-9(14)17-10(16-8)5-6-15-17/h5-7,11H,3-4H2,1-2H3. The molecule has 112 valence electrons. The minimum atomic E-state index is -1.26. The van der Waals surface area contributed by atoms with Crippen LogP contribution in [0.2, 0.25) is 5.15 Å². The third-order valence-corrected chi connectivity index (χ3v) is 2.95. The lowest BCUT2D eigenvalue weighted by Gasteiger charge is -2.14. The lowest BCUT2D eigenvalue weighted by atomic mass is 10.1. The molecule has 0 spiro atoms. The van der Waals surface area contributed by atoms with Crippen LogP contribution in [0.3, 0.4) is 0 Å². The van der Waals surface area contributed by atoms with Gasteiger partial charge in [-0.15, -0.1) is 0 Å². The van der Waals surface area contributed by atoms with Crippen molar-refractivity contribution in [3.8, 4) is 0 Å². The summed E-state index contributed by atoms with van der Waals surface area (Å²) < 4.78 is 11.2. The van der Waals surface area contributed by atoms with E-state index in [2.05, 4.69) is 10.1 Å². The molecular weight excluding hydrogens is 298 g/mol. The topological polar surface area (TPSA) is 82.8 Å². The Morgan fingerprint density at radius 2 is 1.90 bits per heavy atom. The first-order valence-corrected chi connectivity index (χ1v) is 6.79.